The lowest BCUT2D eigenvalue weighted by Gasteiger charge is -2.46. The maximum atomic E-state index is 6.27. The molecule has 1 aromatic rings. The van der Waals surface area contributed by atoms with E-state index in [-0.39, 0.29) is 11.6 Å². The zero-order valence-corrected chi connectivity index (χ0v) is 12.6. The van der Waals surface area contributed by atoms with E-state index in [1.807, 2.05) is 0 Å². The molecule has 1 spiro atoms. The van der Waals surface area contributed by atoms with Gasteiger partial charge in [0.05, 0.1) is 12.2 Å². The summed E-state index contributed by atoms with van der Waals surface area (Å²) in [4.78, 5) is 0. The summed E-state index contributed by atoms with van der Waals surface area (Å²) < 4.78 is 12.2. The van der Waals surface area contributed by atoms with Crippen LogP contribution in [-0.2, 0) is 11.2 Å². The number of ether oxygens (including phenoxy) is 2. The molecular formula is C18H25NO2. The summed E-state index contributed by atoms with van der Waals surface area (Å²) in [6.45, 7) is 0.842. The van der Waals surface area contributed by atoms with Crippen molar-refractivity contribution in [2.45, 2.75) is 69.1 Å². The number of fused-ring (bicyclic) bond motifs is 1. The Labute approximate surface area is 126 Å². The second-order valence-electron chi connectivity index (χ2n) is 6.98. The van der Waals surface area contributed by atoms with Crippen molar-refractivity contribution < 1.29 is 9.47 Å². The van der Waals surface area contributed by atoms with Crippen LogP contribution in [0, 0.1) is 0 Å². The first-order valence-corrected chi connectivity index (χ1v) is 8.43. The van der Waals surface area contributed by atoms with Gasteiger partial charge in [-0.1, -0.05) is 6.07 Å². The van der Waals surface area contributed by atoms with Crippen LogP contribution in [0.3, 0.4) is 0 Å². The molecule has 1 saturated carbocycles. The Hall–Kier alpha value is -1.06. The van der Waals surface area contributed by atoms with E-state index in [1.54, 1.807) is 0 Å². The topological polar surface area (TPSA) is 44.5 Å². The maximum absolute atomic E-state index is 6.27. The number of benzene rings is 1. The van der Waals surface area contributed by atoms with E-state index in [4.69, 9.17) is 15.2 Å². The summed E-state index contributed by atoms with van der Waals surface area (Å²) in [7, 11) is 0. The van der Waals surface area contributed by atoms with Gasteiger partial charge in [0.2, 0.25) is 0 Å². The minimum absolute atomic E-state index is 0.146. The molecule has 0 amide bonds. The predicted octanol–water partition coefficient (Wildman–Crippen LogP) is 3.50. The third-order valence-corrected chi connectivity index (χ3v) is 5.49. The van der Waals surface area contributed by atoms with Gasteiger partial charge in [0.15, 0.2) is 0 Å². The Morgan fingerprint density at radius 3 is 2.90 bits per heavy atom. The van der Waals surface area contributed by atoms with Gasteiger partial charge in [-0.15, -0.1) is 0 Å². The van der Waals surface area contributed by atoms with Crippen molar-refractivity contribution in [2.24, 2.45) is 5.73 Å². The molecule has 1 aliphatic heterocycles. The van der Waals surface area contributed by atoms with Gasteiger partial charge < -0.3 is 15.2 Å². The van der Waals surface area contributed by atoms with E-state index in [1.165, 1.54) is 36.8 Å². The predicted molar refractivity (Wildman–Crippen MR) is 82.5 cm³/mol. The van der Waals surface area contributed by atoms with Crippen molar-refractivity contribution >= 4 is 0 Å². The van der Waals surface area contributed by atoms with Crippen LogP contribution in [0.4, 0.5) is 0 Å². The van der Waals surface area contributed by atoms with E-state index < -0.39 is 0 Å². The minimum atomic E-state index is 0.146. The van der Waals surface area contributed by atoms with Crippen LogP contribution in [0.15, 0.2) is 18.2 Å². The average Bonchev–Trinajstić information content (AvgIpc) is 2.47. The molecule has 2 fully saturated rings. The molecule has 1 aromatic carbocycles. The van der Waals surface area contributed by atoms with Crippen LogP contribution in [0.2, 0.25) is 0 Å². The Balaban J connectivity index is 1.48. The highest BCUT2D eigenvalue weighted by Gasteiger charge is 2.43. The van der Waals surface area contributed by atoms with Gasteiger partial charge in [0.1, 0.15) is 11.9 Å². The molecular weight excluding hydrogens is 262 g/mol. The molecule has 2 aliphatic carbocycles. The van der Waals surface area contributed by atoms with Crippen molar-refractivity contribution in [1.82, 2.24) is 0 Å². The molecule has 1 saturated heterocycles. The third-order valence-electron chi connectivity index (χ3n) is 5.49. The van der Waals surface area contributed by atoms with E-state index in [0.29, 0.717) is 6.10 Å². The van der Waals surface area contributed by atoms with E-state index in [2.05, 4.69) is 18.2 Å². The molecule has 0 radical (unpaired) electrons. The maximum Gasteiger partial charge on any atom is 0.120 e. The molecule has 3 nitrogen and oxygen atoms in total. The number of aryl methyl sites for hydroxylation is 1. The van der Waals surface area contributed by atoms with E-state index in [9.17, 15) is 0 Å². The fourth-order valence-corrected chi connectivity index (χ4v) is 4.08. The van der Waals surface area contributed by atoms with Gasteiger partial charge in [-0.3, -0.25) is 0 Å². The summed E-state index contributed by atoms with van der Waals surface area (Å²) in [5, 5.41) is 0. The zero-order valence-electron chi connectivity index (χ0n) is 12.6. The number of rotatable bonds is 2. The van der Waals surface area contributed by atoms with Gasteiger partial charge in [-0.2, -0.15) is 0 Å². The van der Waals surface area contributed by atoms with Crippen molar-refractivity contribution in [3.8, 4) is 5.75 Å². The molecule has 1 heterocycles. The number of hydrogen-bond acceptors (Lipinski definition) is 3. The number of nitrogens with two attached hydrogens (primary N) is 1. The second kappa shape index (κ2) is 5.29. The number of hydrogen-bond donors (Lipinski definition) is 1. The first-order valence-electron chi connectivity index (χ1n) is 8.43. The smallest absolute Gasteiger partial charge is 0.120 e. The molecule has 21 heavy (non-hydrogen) atoms. The summed E-state index contributed by atoms with van der Waals surface area (Å²) in [6.07, 6.45) is 9.54. The van der Waals surface area contributed by atoms with Crippen LogP contribution in [0.1, 0.15) is 62.1 Å². The Morgan fingerprint density at radius 2 is 2.10 bits per heavy atom. The molecule has 2 N–H and O–H groups in total. The minimum Gasteiger partial charge on any atom is -0.490 e. The lowest BCUT2D eigenvalue weighted by atomic mass is 9.74. The van der Waals surface area contributed by atoms with Crippen molar-refractivity contribution in [1.29, 1.82) is 0 Å². The molecule has 0 aromatic heterocycles. The zero-order chi connectivity index (χ0) is 14.3. The highest BCUT2D eigenvalue weighted by molar-refractivity contribution is 5.39. The molecule has 0 bridgehead atoms. The van der Waals surface area contributed by atoms with Crippen molar-refractivity contribution in [3.05, 3.63) is 29.3 Å². The molecule has 2 atom stereocenters. The second-order valence-corrected chi connectivity index (χ2v) is 6.98. The summed E-state index contributed by atoms with van der Waals surface area (Å²) in [5.74, 6) is 0.993. The van der Waals surface area contributed by atoms with Gasteiger partial charge in [-0.25, -0.2) is 0 Å². The standard InChI is InChI=1S/C18H25NO2/c19-17-4-1-3-13-5-6-14(11-16(13)17)21-15-7-10-20-18(12-15)8-2-9-18/h5-6,11,15,17H,1-4,7-10,12,19H2/t15?,17-/m0/s1. The fraction of sp³-hybridized carbons (Fsp3) is 0.667. The lowest BCUT2D eigenvalue weighted by Crippen LogP contribution is -2.48. The summed E-state index contributed by atoms with van der Waals surface area (Å²) in [6, 6.07) is 6.70. The average molecular weight is 287 g/mol. The quantitative estimate of drug-likeness (QED) is 0.905. The SMILES string of the molecule is N[C@H]1CCCc2ccc(OC3CCOC4(CCC4)C3)cc21. The Morgan fingerprint density at radius 1 is 1.19 bits per heavy atom. The molecule has 3 heteroatoms. The van der Waals surface area contributed by atoms with E-state index >= 15 is 0 Å². The molecule has 114 valence electrons. The molecule has 4 rings (SSSR count). The third kappa shape index (κ3) is 2.58. The molecule has 3 aliphatic rings. The fourth-order valence-electron chi connectivity index (χ4n) is 4.08. The van der Waals surface area contributed by atoms with E-state index in [0.717, 1.165) is 38.0 Å². The molecule has 1 unspecified atom stereocenters. The van der Waals surface area contributed by atoms with Gasteiger partial charge in [-0.05, 0) is 61.8 Å². The Bertz CT molecular complexity index is 524. The normalized spacial score (nSPS) is 30.5. The van der Waals surface area contributed by atoms with Crippen molar-refractivity contribution in [2.75, 3.05) is 6.61 Å². The summed E-state index contributed by atoms with van der Waals surface area (Å²) in [5.41, 5.74) is 9.09. The summed E-state index contributed by atoms with van der Waals surface area (Å²) >= 11 is 0. The van der Waals surface area contributed by atoms with Crippen molar-refractivity contribution in [3.63, 3.8) is 0 Å². The largest absolute Gasteiger partial charge is 0.490 e. The van der Waals surface area contributed by atoms with Gasteiger partial charge >= 0.3 is 0 Å². The van der Waals surface area contributed by atoms with Crippen LogP contribution < -0.4 is 10.5 Å². The van der Waals surface area contributed by atoms with Gasteiger partial charge in [0.25, 0.3) is 0 Å². The monoisotopic (exact) mass is 287 g/mol. The van der Waals surface area contributed by atoms with Crippen LogP contribution in [-0.4, -0.2) is 18.3 Å². The highest BCUT2D eigenvalue weighted by Crippen LogP contribution is 2.43. The van der Waals surface area contributed by atoms with Crippen LogP contribution in [0.5, 0.6) is 5.75 Å². The lowest BCUT2D eigenvalue weighted by molar-refractivity contribution is -0.153. The van der Waals surface area contributed by atoms with Crippen LogP contribution in [0.25, 0.3) is 0 Å². The van der Waals surface area contributed by atoms with Gasteiger partial charge in [0, 0.05) is 18.9 Å². The first kappa shape index (κ1) is 13.6. The Kier molecular flexibility index (Phi) is 3.43. The highest BCUT2D eigenvalue weighted by atomic mass is 16.5. The van der Waals surface area contributed by atoms with Crippen LogP contribution >= 0.6 is 0 Å². The first-order chi connectivity index (χ1) is 10.2.